The molecule has 0 unspecified atom stereocenters. The number of nitrogens with zero attached hydrogens (tertiary/aromatic N) is 2. The molecular weight excluding hydrogens is 340 g/mol. The Morgan fingerprint density at radius 1 is 1.28 bits per heavy atom. The summed E-state index contributed by atoms with van der Waals surface area (Å²) in [6.07, 6.45) is 4.33. The molecule has 1 saturated heterocycles. The van der Waals surface area contributed by atoms with E-state index in [4.69, 9.17) is 11.6 Å². The molecule has 6 nitrogen and oxygen atoms in total. The maximum Gasteiger partial charge on any atom is 0.251 e. The summed E-state index contributed by atoms with van der Waals surface area (Å²) in [6, 6.07) is 7.35. The predicted molar refractivity (Wildman–Crippen MR) is 97.6 cm³/mol. The fourth-order valence-corrected chi connectivity index (χ4v) is 3.34. The Kier molecular flexibility index (Phi) is 6.67. The highest BCUT2D eigenvalue weighted by Gasteiger charge is 2.28. The molecular formula is C18H27ClN4O2. The summed E-state index contributed by atoms with van der Waals surface area (Å²) in [6.45, 7) is 4.49. The molecule has 7 heteroatoms. The van der Waals surface area contributed by atoms with E-state index in [1.807, 2.05) is 0 Å². The van der Waals surface area contributed by atoms with Crippen LogP contribution < -0.4 is 10.7 Å². The Bertz CT molecular complexity index is 574. The van der Waals surface area contributed by atoms with Crippen LogP contribution >= 0.6 is 11.6 Å². The zero-order chi connectivity index (χ0) is 17.6. The third-order valence-corrected chi connectivity index (χ3v) is 5.17. The highest BCUT2D eigenvalue weighted by atomic mass is 35.5. The zero-order valence-electron chi connectivity index (χ0n) is 14.5. The lowest BCUT2D eigenvalue weighted by Crippen LogP contribution is -2.44. The van der Waals surface area contributed by atoms with Crippen LogP contribution in [0.1, 0.15) is 36.0 Å². The minimum atomic E-state index is -0.0581. The average Bonchev–Trinajstić information content (AvgIpc) is 3.46. The zero-order valence-corrected chi connectivity index (χ0v) is 15.2. The van der Waals surface area contributed by atoms with Gasteiger partial charge in [0.25, 0.3) is 5.91 Å². The second-order valence-corrected chi connectivity index (χ2v) is 7.43. The first kappa shape index (κ1) is 18.6. The highest BCUT2D eigenvalue weighted by Crippen LogP contribution is 2.23. The second-order valence-electron chi connectivity index (χ2n) is 6.99. The molecule has 1 amide bonds. The lowest BCUT2D eigenvalue weighted by Gasteiger charge is -2.32. The minimum Gasteiger partial charge on any atom is -0.352 e. The summed E-state index contributed by atoms with van der Waals surface area (Å²) >= 11 is 5.93. The average molecular weight is 367 g/mol. The Morgan fingerprint density at radius 2 is 2.04 bits per heavy atom. The molecule has 0 aromatic heterocycles. The first-order valence-corrected chi connectivity index (χ1v) is 9.47. The van der Waals surface area contributed by atoms with Crippen molar-refractivity contribution in [1.29, 1.82) is 0 Å². The number of nitrogens with one attached hydrogen (secondary N) is 2. The van der Waals surface area contributed by atoms with Crippen LogP contribution in [0.5, 0.6) is 0 Å². The molecule has 1 aromatic carbocycles. The van der Waals surface area contributed by atoms with Gasteiger partial charge in [-0.05, 0) is 62.9 Å². The molecule has 138 valence electrons. The van der Waals surface area contributed by atoms with E-state index in [1.54, 1.807) is 24.3 Å². The van der Waals surface area contributed by atoms with Gasteiger partial charge in [-0.25, -0.2) is 5.43 Å². The van der Waals surface area contributed by atoms with E-state index in [-0.39, 0.29) is 5.91 Å². The van der Waals surface area contributed by atoms with Gasteiger partial charge in [-0.1, -0.05) is 17.7 Å². The SMILES string of the molecule is O=C(NCC1CCN(CCNN(O)C2CC2)CC1)c1cccc(Cl)c1. The fourth-order valence-electron chi connectivity index (χ4n) is 3.15. The van der Waals surface area contributed by atoms with Crippen molar-refractivity contribution in [2.45, 2.75) is 31.7 Å². The third-order valence-electron chi connectivity index (χ3n) is 4.94. The van der Waals surface area contributed by atoms with Crippen molar-refractivity contribution in [3.63, 3.8) is 0 Å². The molecule has 1 heterocycles. The number of piperidine rings is 1. The molecule has 2 fully saturated rings. The van der Waals surface area contributed by atoms with Crippen LogP contribution in [-0.2, 0) is 0 Å². The van der Waals surface area contributed by atoms with Crippen LogP contribution in [0.3, 0.4) is 0 Å². The van der Waals surface area contributed by atoms with Crippen molar-refractivity contribution in [3.05, 3.63) is 34.9 Å². The van der Waals surface area contributed by atoms with Crippen LogP contribution in [-0.4, -0.2) is 60.0 Å². The van der Waals surface area contributed by atoms with Crippen molar-refractivity contribution in [2.24, 2.45) is 5.92 Å². The summed E-state index contributed by atoms with van der Waals surface area (Å²) in [5, 5.41) is 14.5. The summed E-state index contributed by atoms with van der Waals surface area (Å²) in [4.78, 5) is 14.6. The molecule has 0 spiro atoms. The predicted octanol–water partition coefficient (Wildman–Crippen LogP) is 2.14. The minimum absolute atomic E-state index is 0.0581. The topological polar surface area (TPSA) is 67.8 Å². The van der Waals surface area contributed by atoms with Gasteiger partial charge < -0.3 is 10.2 Å². The smallest absolute Gasteiger partial charge is 0.251 e. The Hall–Kier alpha value is -1.18. The lowest BCUT2D eigenvalue weighted by atomic mass is 9.96. The summed E-state index contributed by atoms with van der Waals surface area (Å²) in [7, 11) is 0. The van der Waals surface area contributed by atoms with E-state index in [0.29, 0.717) is 29.1 Å². The highest BCUT2D eigenvalue weighted by molar-refractivity contribution is 6.30. The molecule has 0 atom stereocenters. The lowest BCUT2D eigenvalue weighted by molar-refractivity contribution is -0.146. The number of hydroxylamine groups is 1. The maximum absolute atomic E-state index is 12.2. The van der Waals surface area contributed by atoms with Gasteiger partial charge in [0.2, 0.25) is 0 Å². The van der Waals surface area contributed by atoms with E-state index in [0.717, 1.165) is 51.9 Å². The molecule has 25 heavy (non-hydrogen) atoms. The Balaban J connectivity index is 1.30. The standard InChI is InChI=1S/C18H27ClN4O2/c19-16-3-1-2-15(12-16)18(24)20-13-14-6-9-22(10-7-14)11-8-21-23(25)17-4-5-17/h1-3,12,14,17,21,25H,4-11,13H2,(H,20,24). The number of benzene rings is 1. The number of hydrazine groups is 1. The molecule has 1 saturated carbocycles. The van der Waals surface area contributed by atoms with E-state index in [1.165, 1.54) is 5.17 Å². The molecule has 1 aliphatic carbocycles. The van der Waals surface area contributed by atoms with Gasteiger partial charge in [0.15, 0.2) is 0 Å². The fraction of sp³-hybridized carbons (Fsp3) is 0.611. The van der Waals surface area contributed by atoms with Gasteiger partial charge in [0.05, 0.1) is 6.04 Å². The molecule has 2 aliphatic rings. The van der Waals surface area contributed by atoms with Gasteiger partial charge >= 0.3 is 0 Å². The van der Waals surface area contributed by atoms with E-state index >= 15 is 0 Å². The number of hydrogen-bond donors (Lipinski definition) is 3. The van der Waals surface area contributed by atoms with Crippen molar-refractivity contribution in [3.8, 4) is 0 Å². The number of halogens is 1. The van der Waals surface area contributed by atoms with Crippen LogP contribution in [0.2, 0.25) is 5.02 Å². The number of hydrogen-bond acceptors (Lipinski definition) is 5. The number of likely N-dealkylation sites (tertiary alicyclic amines) is 1. The first-order chi connectivity index (χ1) is 12.1. The number of carbonyl (C=O) groups is 1. The molecule has 0 bridgehead atoms. The van der Waals surface area contributed by atoms with Crippen LogP contribution in [0.4, 0.5) is 0 Å². The van der Waals surface area contributed by atoms with Gasteiger partial charge in [-0.3, -0.25) is 10.0 Å². The Labute approximate surface area is 154 Å². The van der Waals surface area contributed by atoms with Crippen LogP contribution in [0, 0.1) is 5.92 Å². The largest absolute Gasteiger partial charge is 0.352 e. The van der Waals surface area contributed by atoms with Gasteiger partial charge in [-0.15, -0.1) is 5.17 Å². The van der Waals surface area contributed by atoms with Gasteiger partial charge in [0.1, 0.15) is 0 Å². The van der Waals surface area contributed by atoms with Gasteiger partial charge in [-0.2, -0.15) is 0 Å². The van der Waals surface area contributed by atoms with Crippen molar-refractivity contribution >= 4 is 17.5 Å². The first-order valence-electron chi connectivity index (χ1n) is 9.09. The summed E-state index contributed by atoms with van der Waals surface area (Å²) in [5.74, 6) is 0.463. The molecule has 1 aliphatic heterocycles. The van der Waals surface area contributed by atoms with Crippen molar-refractivity contribution in [1.82, 2.24) is 20.8 Å². The molecule has 3 rings (SSSR count). The van der Waals surface area contributed by atoms with Crippen LogP contribution in [0.25, 0.3) is 0 Å². The molecule has 1 aromatic rings. The van der Waals surface area contributed by atoms with Gasteiger partial charge in [0, 0.05) is 30.2 Å². The second kappa shape index (κ2) is 8.96. The van der Waals surface area contributed by atoms with Crippen molar-refractivity contribution in [2.75, 3.05) is 32.7 Å². The quantitative estimate of drug-likeness (QED) is 0.615. The number of carbonyl (C=O) groups excluding carboxylic acids is 1. The number of rotatable bonds is 8. The van der Waals surface area contributed by atoms with E-state index < -0.39 is 0 Å². The summed E-state index contributed by atoms with van der Waals surface area (Å²) < 4.78 is 0. The third kappa shape index (κ3) is 5.94. The Morgan fingerprint density at radius 3 is 2.72 bits per heavy atom. The van der Waals surface area contributed by atoms with Crippen LogP contribution in [0.15, 0.2) is 24.3 Å². The maximum atomic E-state index is 12.2. The molecule has 3 N–H and O–H groups in total. The molecule has 0 radical (unpaired) electrons. The monoisotopic (exact) mass is 366 g/mol. The van der Waals surface area contributed by atoms with E-state index in [2.05, 4.69) is 15.6 Å². The number of amides is 1. The summed E-state index contributed by atoms with van der Waals surface area (Å²) in [5.41, 5.74) is 3.66. The van der Waals surface area contributed by atoms with Crippen molar-refractivity contribution < 1.29 is 10.0 Å². The normalized spacial score (nSPS) is 19.3. The van der Waals surface area contributed by atoms with E-state index in [9.17, 15) is 10.0 Å².